The molecular formula is C13H17ClO2. The third-order valence-electron chi connectivity index (χ3n) is 3.35. The van der Waals surface area contributed by atoms with Gasteiger partial charge in [0.05, 0.1) is 0 Å². The van der Waals surface area contributed by atoms with Gasteiger partial charge in [-0.3, -0.25) is 0 Å². The predicted octanol–water partition coefficient (Wildman–Crippen LogP) is 2.97. The molecule has 1 aromatic carbocycles. The minimum atomic E-state index is 0.177. The van der Waals surface area contributed by atoms with Gasteiger partial charge in [0.1, 0.15) is 5.75 Å². The zero-order valence-electron chi connectivity index (χ0n) is 9.29. The Balaban J connectivity index is 2.08. The summed E-state index contributed by atoms with van der Waals surface area (Å²) in [5.74, 6) is 0.993. The maximum atomic E-state index is 9.24. The molecule has 16 heavy (non-hydrogen) atoms. The monoisotopic (exact) mass is 240 g/mol. The summed E-state index contributed by atoms with van der Waals surface area (Å²) in [4.78, 5) is 0. The van der Waals surface area contributed by atoms with Crippen LogP contribution in [0.2, 0.25) is 0 Å². The van der Waals surface area contributed by atoms with Gasteiger partial charge in [0.2, 0.25) is 0 Å². The van der Waals surface area contributed by atoms with E-state index in [0.29, 0.717) is 11.6 Å². The molecule has 0 saturated carbocycles. The van der Waals surface area contributed by atoms with Gasteiger partial charge in [-0.2, -0.15) is 0 Å². The fourth-order valence-electron chi connectivity index (χ4n) is 2.21. The number of benzene rings is 1. The van der Waals surface area contributed by atoms with E-state index in [1.807, 2.05) is 12.1 Å². The number of phenolic OH excluding ortho intramolecular Hbond substituents is 1. The van der Waals surface area contributed by atoms with E-state index in [9.17, 15) is 5.11 Å². The Morgan fingerprint density at radius 3 is 2.38 bits per heavy atom. The van der Waals surface area contributed by atoms with E-state index >= 15 is 0 Å². The van der Waals surface area contributed by atoms with Crippen molar-refractivity contribution < 1.29 is 9.84 Å². The van der Waals surface area contributed by atoms with Gasteiger partial charge < -0.3 is 9.84 Å². The number of alkyl halides is 1. The lowest BCUT2D eigenvalue weighted by Gasteiger charge is -2.35. The van der Waals surface area contributed by atoms with Gasteiger partial charge in [0.15, 0.2) is 0 Å². The molecule has 0 spiro atoms. The van der Waals surface area contributed by atoms with Gasteiger partial charge in [-0.05, 0) is 42.4 Å². The van der Waals surface area contributed by atoms with Crippen LogP contribution in [0.15, 0.2) is 24.3 Å². The van der Waals surface area contributed by atoms with Gasteiger partial charge in [0, 0.05) is 19.1 Å². The van der Waals surface area contributed by atoms with Crippen molar-refractivity contribution in [3.8, 4) is 5.75 Å². The Morgan fingerprint density at radius 1 is 1.19 bits per heavy atom. The number of aromatic hydroxyl groups is 1. The third-order valence-corrected chi connectivity index (χ3v) is 3.92. The highest BCUT2D eigenvalue weighted by atomic mass is 35.5. The molecule has 0 bridgehead atoms. The zero-order chi connectivity index (χ0) is 11.4. The summed E-state index contributed by atoms with van der Waals surface area (Å²) in [5, 5.41) is 9.24. The minimum absolute atomic E-state index is 0.177. The van der Waals surface area contributed by atoms with Crippen LogP contribution in [-0.2, 0) is 11.2 Å². The average molecular weight is 241 g/mol. The van der Waals surface area contributed by atoms with Gasteiger partial charge >= 0.3 is 0 Å². The van der Waals surface area contributed by atoms with Crippen LogP contribution in [0.25, 0.3) is 0 Å². The van der Waals surface area contributed by atoms with Crippen LogP contribution >= 0.6 is 11.6 Å². The maximum Gasteiger partial charge on any atom is 0.115 e. The zero-order valence-corrected chi connectivity index (χ0v) is 10.0. The summed E-state index contributed by atoms with van der Waals surface area (Å²) in [5.41, 5.74) is 1.41. The highest BCUT2D eigenvalue weighted by molar-refractivity contribution is 6.18. The van der Waals surface area contributed by atoms with Gasteiger partial charge in [-0.1, -0.05) is 12.1 Å². The Bertz CT molecular complexity index is 328. The third kappa shape index (κ3) is 2.69. The van der Waals surface area contributed by atoms with Crippen LogP contribution in [0.5, 0.6) is 5.75 Å². The Kier molecular flexibility index (Phi) is 3.72. The summed E-state index contributed by atoms with van der Waals surface area (Å²) in [6, 6.07) is 7.41. The smallest absolute Gasteiger partial charge is 0.115 e. The van der Waals surface area contributed by atoms with E-state index in [1.54, 1.807) is 12.1 Å². The lowest BCUT2D eigenvalue weighted by atomic mass is 9.77. The number of phenols is 1. The van der Waals surface area contributed by atoms with Crippen LogP contribution in [0.3, 0.4) is 0 Å². The first-order chi connectivity index (χ1) is 7.74. The molecule has 0 aromatic heterocycles. The first-order valence-corrected chi connectivity index (χ1v) is 6.19. The number of hydrogen-bond donors (Lipinski definition) is 1. The van der Waals surface area contributed by atoms with Crippen LogP contribution in [0, 0.1) is 5.41 Å². The molecule has 0 unspecified atom stereocenters. The largest absolute Gasteiger partial charge is 0.508 e. The van der Waals surface area contributed by atoms with Crippen molar-refractivity contribution in [1.29, 1.82) is 0 Å². The van der Waals surface area contributed by atoms with E-state index in [1.165, 1.54) is 5.56 Å². The molecule has 2 rings (SSSR count). The standard InChI is InChI=1S/C13H17ClO2/c14-10-13(5-7-16-8-6-13)9-11-1-3-12(15)4-2-11/h1-4,15H,5-10H2. The fraction of sp³-hybridized carbons (Fsp3) is 0.538. The van der Waals surface area contributed by atoms with E-state index in [0.717, 1.165) is 32.5 Å². The second-order valence-electron chi connectivity index (χ2n) is 4.59. The molecule has 1 saturated heterocycles. The van der Waals surface area contributed by atoms with Crippen molar-refractivity contribution in [3.63, 3.8) is 0 Å². The summed E-state index contributed by atoms with van der Waals surface area (Å²) in [7, 11) is 0. The molecule has 1 fully saturated rings. The molecule has 1 heterocycles. The molecule has 1 aliphatic rings. The first kappa shape index (κ1) is 11.7. The molecule has 0 atom stereocenters. The summed E-state index contributed by atoms with van der Waals surface area (Å²) in [6.45, 7) is 1.62. The Labute approximate surface area is 101 Å². The van der Waals surface area contributed by atoms with Crippen LogP contribution in [0.4, 0.5) is 0 Å². The van der Waals surface area contributed by atoms with Gasteiger partial charge in [0.25, 0.3) is 0 Å². The van der Waals surface area contributed by atoms with Crippen molar-refractivity contribution in [3.05, 3.63) is 29.8 Å². The molecule has 88 valence electrons. The fourth-order valence-corrected chi connectivity index (χ4v) is 2.57. The van der Waals surface area contributed by atoms with E-state index in [-0.39, 0.29) is 5.41 Å². The average Bonchev–Trinajstić information content (AvgIpc) is 2.33. The highest BCUT2D eigenvalue weighted by Gasteiger charge is 2.31. The van der Waals surface area contributed by atoms with Gasteiger partial charge in [-0.25, -0.2) is 0 Å². The Hall–Kier alpha value is -0.730. The van der Waals surface area contributed by atoms with Crippen LogP contribution in [0.1, 0.15) is 18.4 Å². The molecular weight excluding hydrogens is 224 g/mol. The summed E-state index contributed by atoms with van der Waals surface area (Å²) >= 11 is 6.11. The van der Waals surface area contributed by atoms with Crippen molar-refractivity contribution >= 4 is 11.6 Å². The molecule has 3 heteroatoms. The van der Waals surface area contributed by atoms with Crippen LogP contribution < -0.4 is 0 Å². The van der Waals surface area contributed by atoms with Crippen molar-refractivity contribution in [2.24, 2.45) is 5.41 Å². The lowest BCUT2D eigenvalue weighted by Crippen LogP contribution is -2.33. The molecule has 0 radical (unpaired) electrons. The molecule has 1 aromatic rings. The van der Waals surface area contributed by atoms with Crippen molar-refractivity contribution in [1.82, 2.24) is 0 Å². The molecule has 1 N–H and O–H groups in total. The second kappa shape index (κ2) is 5.07. The number of rotatable bonds is 3. The minimum Gasteiger partial charge on any atom is -0.508 e. The summed E-state index contributed by atoms with van der Waals surface area (Å²) < 4.78 is 5.38. The summed E-state index contributed by atoms with van der Waals surface area (Å²) in [6.07, 6.45) is 3.02. The number of halogens is 1. The van der Waals surface area contributed by atoms with E-state index in [2.05, 4.69) is 0 Å². The van der Waals surface area contributed by atoms with E-state index in [4.69, 9.17) is 16.3 Å². The number of ether oxygens (including phenoxy) is 1. The van der Waals surface area contributed by atoms with Crippen molar-refractivity contribution in [2.45, 2.75) is 19.3 Å². The Morgan fingerprint density at radius 2 is 1.81 bits per heavy atom. The molecule has 0 aliphatic carbocycles. The van der Waals surface area contributed by atoms with Gasteiger partial charge in [-0.15, -0.1) is 11.6 Å². The molecule has 1 aliphatic heterocycles. The lowest BCUT2D eigenvalue weighted by molar-refractivity contribution is 0.0257. The highest BCUT2D eigenvalue weighted by Crippen LogP contribution is 2.35. The SMILES string of the molecule is Oc1ccc(CC2(CCl)CCOCC2)cc1. The molecule has 0 amide bonds. The van der Waals surface area contributed by atoms with Crippen molar-refractivity contribution in [2.75, 3.05) is 19.1 Å². The molecule has 2 nitrogen and oxygen atoms in total. The maximum absolute atomic E-state index is 9.24. The topological polar surface area (TPSA) is 29.5 Å². The first-order valence-electron chi connectivity index (χ1n) is 5.66. The number of hydrogen-bond acceptors (Lipinski definition) is 2. The quantitative estimate of drug-likeness (QED) is 0.824. The van der Waals surface area contributed by atoms with Crippen LogP contribution in [-0.4, -0.2) is 24.2 Å². The second-order valence-corrected chi connectivity index (χ2v) is 4.86. The predicted molar refractivity (Wildman–Crippen MR) is 65.0 cm³/mol. The normalized spacial score (nSPS) is 19.6. The van der Waals surface area contributed by atoms with E-state index < -0.39 is 0 Å².